The molecule has 1 aliphatic rings. The number of hydrogen-bond acceptors (Lipinski definition) is 2. The van der Waals surface area contributed by atoms with E-state index in [0.717, 1.165) is 0 Å². The summed E-state index contributed by atoms with van der Waals surface area (Å²) in [4.78, 5) is 11.7. The highest BCUT2D eigenvalue weighted by molar-refractivity contribution is 5.78. The first-order valence-corrected chi connectivity index (χ1v) is 5.80. The summed E-state index contributed by atoms with van der Waals surface area (Å²) >= 11 is 0. The Labute approximate surface area is 101 Å². The third-order valence-electron chi connectivity index (χ3n) is 2.84. The summed E-state index contributed by atoms with van der Waals surface area (Å²) in [6.07, 6.45) is 0.228. The predicted octanol–water partition coefficient (Wildman–Crippen LogP) is 3.21. The van der Waals surface area contributed by atoms with E-state index in [-0.39, 0.29) is 6.42 Å². The van der Waals surface area contributed by atoms with E-state index in [2.05, 4.69) is 0 Å². The molecule has 0 saturated heterocycles. The van der Waals surface area contributed by atoms with Crippen LogP contribution in [0.1, 0.15) is 32.8 Å². The summed E-state index contributed by atoms with van der Waals surface area (Å²) in [6.45, 7) is 5.36. The summed E-state index contributed by atoms with van der Waals surface area (Å²) in [5, 5.41) is 0. The fraction of sp³-hybridized carbons (Fsp3) is 0.500. The van der Waals surface area contributed by atoms with Crippen LogP contribution < -0.4 is 0 Å². The van der Waals surface area contributed by atoms with Crippen LogP contribution in [-0.2, 0) is 15.2 Å². The van der Waals surface area contributed by atoms with Crippen LogP contribution in [0.25, 0.3) is 0 Å². The summed E-state index contributed by atoms with van der Waals surface area (Å²) in [7, 11) is 0. The minimum atomic E-state index is -1.52. The number of halogens is 1. The van der Waals surface area contributed by atoms with Gasteiger partial charge in [0.2, 0.25) is 0 Å². The van der Waals surface area contributed by atoms with Crippen molar-refractivity contribution in [3.8, 4) is 0 Å². The molecule has 1 aromatic carbocycles. The predicted molar refractivity (Wildman–Crippen MR) is 63.2 cm³/mol. The molecule has 0 spiro atoms. The number of benzene rings is 1. The van der Waals surface area contributed by atoms with Gasteiger partial charge in [0, 0.05) is 6.42 Å². The quantitative estimate of drug-likeness (QED) is 0.737. The number of hydrogen-bond donors (Lipinski definition) is 0. The van der Waals surface area contributed by atoms with Crippen LogP contribution in [0.2, 0.25) is 0 Å². The molecule has 0 heterocycles. The molecule has 0 unspecified atom stereocenters. The van der Waals surface area contributed by atoms with Crippen molar-refractivity contribution < 1.29 is 13.9 Å². The lowest BCUT2D eigenvalue weighted by Crippen LogP contribution is -2.26. The molecule has 0 radical (unpaired) electrons. The Bertz CT molecular complexity index is 422. The zero-order valence-electron chi connectivity index (χ0n) is 10.4. The van der Waals surface area contributed by atoms with Crippen LogP contribution in [0, 0.1) is 5.92 Å². The molecule has 0 aromatic heterocycles. The van der Waals surface area contributed by atoms with Crippen LogP contribution in [-0.4, -0.2) is 11.6 Å². The fourth-order valence-corrected chi connectivity index (χ4v) is 1.92. The summed E-state index contributed by atoms with van der Waals surface area (Å²) < 4.78 is 19.6. The molecule has 92 valence electrons. The highest BCUT2D eigenvalue weighted by atomic mass is 19.1. The van der Waals surface area contributed by atoms with Crippen molar-refractivity contribution in [1.29, 1.82) is 0 Å². The molecule has 1 aliphatic carbocycles. The van der Waals surface area contributed by atoms with Gasteiger partial charge in [0.15, 0.2) is 0 Å². The van der Waals surface area contributed by atoms with Gasteiger partial charge in [-0.3, -0.25) is 4.79 Å². The normalized spacial score (nSPS) is 27.6. The molecule has 17 heavy (non-hydrogen) atoms. The van der Waals surface area contributed by atoms with E-state index in [1.165, 1.54) is 0 Å². The average molecular weight is 236 g/mol. The van der Waals surface area contributed by atoms with E-state index in [1.54, 1.807) is 45.0 Å². The molecule has 2 atom stereocenters. The zero-order chi connectivity index (χ0) is 12.7. The Morgan fingerprint density at radius 2 is 1.94 bits per heavy atom. The van der Waals surface area contributed by atoms with E-state index < -0.39 is 23.2 Å². The second-order valence-electron chi connectivity index (χ2n) is 5.52. The first-order valence-electron chi connectivity index (χ1n) is 5.80. The van der Waals surface area contributed by atoms with E-state index in [9.17, 15) is 9.18 Å². The van der Waals surface area contributed by atoms with Crippen molar-refractivity contribution in [3.05, 3.63) is 35.9 Å². The van der Waals surface area contributed by atoms with Crippen molar-refractivity contribution in [2.75, 3.05) is 0 Å². The highest BCUT2D eigenvalue weighted by Gasteiger charge is 2.62. The fourth-order valence-electron chi connectivity index (χ4n) is 1.92. The van der Waals surface area contributed by atoms with Gasteiger partial charge in [-0.15, -0.1) is 0 Å². The molecule has 0 aliphatic heterocycles. The van der Waals surface area contributed by atoms with Gasteiger partial charge in [-0.1, -0.05) is 30.3 Å². The van der Waals surface area contributed by atoms with Gasteiger partial charge in [0.25, 0.3) is 0 Å². The maximum Gasteiger partial charge on any atom is 0.313 e. The molecular formula is C14H17FO2. The SMILES string of the molecule is CC(C)(C)OC(=O)[C@@H]1C[C@]1(F)c1ccccc1. The maximum atomic E-state index is 14.4. The van der Waals surface area contributed by atoms with Crippen LogP contribution in [0.5, 0.6) is 0 Å². The van der Waals surface area contributed by atoms with E-state index >= 15 is 0 Å². The van der Waals surface area contributed by atoms with Gasteiger partial charge in [0.05, 0.1) is 5.92 Å². The Morgan fingerprint density at radius 3 is 2.47 bits per heavy atom. The second-order valence-corrected chi connectivity index (χ2v) is 5.52. The first-order chi connectivity index (χ1) is 7.83. The van der Waals surface area contributed by atoms with E-state index in [1.807, 2.05) is 6.07 Å². The molecule has 0 amide bonds. The van der Waals surface area contributed by atoms with Gasteiger partial charge < -0.3 is 4.74 Å². The molecule has 0 bridgehead atoms. The highest BCUT2D eigenvalue weighted by Crippen LogP contribution is 2.56. The number of rotatable bonds is 2. The Kier molecular flexibility index (Phi) is 2.72. The van der Waals surface area contributed by atoms with E-state index in [4.69, 9.17) is 4.74 Å². The monoisotopic (exact) mass is 236 g/mol. The first kappa shape index (κ1) is 12.1. The van der Waals surface area contributed by atoms with Crippen molar-refractivity contribution in [2.24, 2.45) is 5.92 Å². The molecule has 1 saturated carbocycles. The van der Waals surface area contributed by atoms with Crippen molar-refractivity contribution in [1.82, 2.24) is 0 Å². The average Bonchev–Trinajstić information content (AvgIpc) is 2.92. The molecule has 2 nitrogen and oxygen atoms in total. The minimum Gasteiger partial charge on any atom is -0.460 e. The molecule has 1 aromatic rings. The Morgan fingerprint density at radius 1 is 1.35 bits per heavy atom. The Hall–Kier alpha value is -1.38. The summed E-state index contributed by atoms with van der Waals surface area (Å²) in [6, 6.07) is 8.81. The molecular weight excluding hydrogens is 219 g/mol. The van der Waals surface area contributed by atoms with Gasteiger partial charge in [-0.25, -0.2) is 4.39 Å². The van der Waals surface area contributed by atoms with E-state index in [0.29, 0.717) is 5.56 Å². The third kappa shape index (κ3) is 2.48. The standard InChI is InChI=1S/C14H17FO2/c1-13(2,3)17-12(16)11-9-14(11,15)10-7-5-4-6-8-10/h4-8,11H,9H2,1-3H3/t11-,14-/m0/s1. The molecule has 3 heteroatoms. The van der Waals surface area contributed by atoms with Crippen LogP contribution in [0.15, 0.2) is 30.3 Å². The van der Waals surface area contributed by atoms with Crippen molar-refractivity contribution >= 4 is 5.97 Å². The molecule has 0 N–H and O–H groups in total. The topological polar surface area (TPSA) is 26.3 Å². The summed E-state index contributed by atoms with van der Waals surface area (Å²) in [5.74, 6) is -1.09. The smallest absolute Gasteiger partial charge is 0.313 e. The van der Waals surface area contributed by atoms with Crippen LogP contribution in [0.3, 0.4) is 0 Å². The van der Waals surface area contributed by atoms with Crippen LogP contribution in [0.4, 0.5) is 4.39 Å². The largest absolute Gasteiger partial charge is 0.460 e. The Balaban J connectivity index is 2.07. The van der Waals surface area contributed by atoms with Crippen LogP contribution >= 0.6 is 0 Å². The molecule has 1 fully saturated rings. The number of alkyl halides is 1. The maximum absolute atomic E-state index is 14.4. The third-order valence-corrected chi connectivity index (χ3v) is 2.84. The van der Waals surface area contributed by atoms with Gasteiger partial charge in [-0.2, -0.15) is 0 Å². The number of ether oxygens (including phenoxy) is 1. The van der Waals surface area contributed by atoms with Crippen molar-refractivity contribution in [2.45, 2.75) is 38.5 Å². The van der Waals surface area contributed by atoms with Crippen molar-refractivity contribution in [3.63, 3.8) is 0 Å². The summed E-state index contributed by atoms with van der Waals surface area (Å²) in [5.41, 5.74) is -1.52. The zero-order valence-corrected chi connectivity index (χ0v) is 10.4. The van der Waals surface area contributed by atoms with Gasteiger partial charge >= 0.3 is 5.97 Å². The molecule has 2 rings (SSSR count). The van der Waals surface area contributed by atoms with Gasteiger partial charge in [0.1, 0.15) is 11.3 Å². The lowest BCUT2D eigenvalue weighted by atomic mass is 10.1. The van der Waals surface area contributed by atoms with Gasteiger partial charge in [-0.05, 0) is 26.3 Å². The number of carbonyl (C=O) groups is 1. The number of esters is 1. The minimum absolute atomic E-state index is 0.228. The lowest BCUT2D eigenvalue weighted by molar-refractivity contribution is -0.157. The second kappa shape index (κ2) is 3.83. The number of carbonyl (C=O) groups excluding carboxylic acids is 1. The lowest BCUT2D eigenvalue weighted by Gasteiger charge is -2.20.